The number of nitrogens with zero attached hydrogens (tertiary/aromatic N) is 2. The highest BCUT2D eigenvalue weighted by atomic mass is 19.4. The number of amides is 1. The summed E-state index contributed by atoms with van der Waals surface area (Å²) in [6, 6.07) is 7.16. The van der Waals surface area contributed by atoms with Gasteiger partial charge < -0.3 is 19.7 Å². The summed E-state index contributed by atoms with van der Waals surface area (Å²) in [7, 11) is -1.83. The monoisotopic (exact) mass is 535 g/mol. The maximum atomic E-state index is 13.0. The van der Waals surface area contributed by atoms with E-state index < -0.39 is 37.5 Å². The van der Waals surface area contributed by atoms with Crippen molar-refractivity contribution in [3.05, 3.63) is 59.1 Å². The SMILES string of the molecule is [C-]#[N+]C(=CC1CC1)C(=O)N1CCC[C@@H]1COC[C@H](NCC(F)(F)F)C(=O)C[C@@H](Cc1ccccc1)B(O)O. The number of alkyl halides is 3. The van der Waals surface area contributed by atoms with Crippen molar-refractivity contribution in [2.75, 3.05) is 26.3 Å². The third kappa shape index (κ3) is 9.55. The zero-order chi connectivity index (χ0) is 27.7. The number of hydrogen-bond acceptors (Lipinski definition) is 6. The fraction of sp³-hybridized carbons (Fsp3) is 0.577. The summed E-state index contributed by atoms with van der Waals surface area (Å²) in [5.41, 5.74) is 0.835. The Kier molecular flexibility index (Phi) is 10.9. The van der Waals surface area contributed by atoms with Gasteiger partial charge in [-0.3, -0.25) is 14.9 Å². The normalized spacial score (nSPS) is 19.6. The zero-order valence-electron chi connectivity index (χ0n) is 21.1. The first kappa shape index (κ1) is 29.8. The Labute approximate surface area is 220 Å². The first-order valence-corrected chi connectivity index (χ1v) is 12.8. The van der Waals surface area contributed by atoms with Crippen LogP contribution in [0.4, 0.5) is 13.2 Å². The fourth-order valence-electron chi connectivity index (χ4n) is 4.49. The van der Waals surface area contributed by atoms with Crippen LogP contribution in [0.15, 0.2) is 42.1 Å². The number of rotatable bonds is 14. The van der Waals surface area contributed by atoms with E-state index in [1.165, 1.54) is 0 Å². The average Bonchev–Trinajstić information content (AvgIpc) is 3.58. The molecular weight excluding hydrogens is 502 g/mol. The molecule has 0 unspecified atom stereocenters. The molecule has 1 aromatic rings. The van der Waals surface area contributed by atoms with Crippen LogP contribution in [0.5, 0.6) is 0 Å². The molecule has 1 saturated carbocycles. The lowest BCUT2D eigenvalue weighted by molar-refractivity contribution is -0.134. The molecule has 1 amide bonds. The minimum absolute atomic E-state index is 0.00793. The molecule has 1 aromatic carbocycles. The molecule has 1 heterocycles. The molecule has 206 valence electrons. The lowest BCUT2D eigenvalue weighted by Gasteiger charge is -2.26. The summed E-state index contributed by atoms with van der Waals surface area (Å²) in [4.78, 5) is 30.8. The Morgan fingerprint density at radius 2 is 1.95 bits per heavy atom. The van der Waals surface area contributed by atoms with Crippen LogP contribution in [0.3, 0.4) is 0 Å². The van der Waals surface area contributed by atoms with Gasteiger partial charge in [-0.1, -0.05) is 36.4 Å². The number of carbonyl (C=O) groups excluding carboxylic acids is 2. The van der Waals surface area contributed by atoms with E-state index in [-0.39, 0.29) is 49.6 Å². The van der Waals surface area contributed by atoms with E-state index in [1.807, 2.05) is 0 Å². The molecule has 0 bridgehead atoms. The second kappa shape index (κ2) is 13.9. The van der Waals surface area contributed by atoms with Crippen LogP contribution in [0, 0.1) is 12.5 Å². The van der Waals surface area contributed by atoms with Gasteiger partial charge in [-0.2, -0.15) is 13.2 Å². The molecule has 1 saturated heterocycles. The maximum absolute atomic E-state index is 13.0. The number of ether oxygens (including phenoxy) is 1. The van der Waals surface area contributed by atoms with Crippen LogP contribution in [0.1, 0.15) is 37.7 Å². The molecule has 12 heteroatoms. The number of carbonyl (C=O) groups is 2. The van der Waals surface area contributed by atoms with Crippen LogP contribution in [-0.2, 0) is 20.7 Å². The molecular formula is C26H33BF3N3O5. The van der Waals surface area contributed by atoms with Crippen molar-refractivity contribution in [1.82, 2.24) is 10.2 Å². The first-order valence-electron chi connectivity index (χ1n) is 12.8. The van der Waals surface area contributed by atoms with E-state index in [1.54, 1.807) is 41.3 Å². The molecule has 0 radical (unpaired) electrons. The Balaban J connectivity index is 1.60. The Bertz CT molecular complexity index is 1010. The molecule has 1 aliphatic heterocycles. The van der Waals surface area contributed by atoms with E-state index in [2.05, 4.69) is 10.2 Å². The van der Waals surface area contributed by atoms with Gasteiger partial charge in [-0.25, -0.2) is 4.85 Å². The van der Waals surface area contributed by atoms with Gasteiger partial charge in [0.15, 0.2) is 5.78 Å². The van der Waals surface area contributed by atoms with E-state index in [0.717, 1.165) is 18.4 Å². The van der Waals surface area contributed by atoms with Crippen molar-refractivity contribution in [3.63, 3.8) is 0 Å². The topological polar surface area (TPSA) is 103 Å². The van der Waals surface area contributed by atoms with Gasteiger partial charge in [0.25, 0.3) is 5.91 Å². The van der Waals surface area contributed by atoms with Gasteiger partial charge >= 0.3 is 13.3 Å². The van der Waals surface area contributed by atoms with Crippen LogP contribution in [0.25, 0.3) is 4.85 Å². The minimum Gasteiger partial charge on any atom is -0.427 e. The van der Waals surface area contributed by atoms with Gasteiger partial charge in [0.05, 0.1) is 38.4 Å². The molecule has 0 aromatic heterocycles. The summed E-state index contributed by atoms with van der Waals surface area (Å²) in [5, 5.41) is 21.8. The maximum Gasteiger partial charge on any atom is 0.455 e. The largest absolute Gasteiger partial charge is 0.455 e. The van der Waals surface area contributed by atoms with Gasteiger partial charge in [0.2, 0.25) is 5.70 Å². The number of Topliss-reactive ketones (excluding diaryl/α,β-unsaturated/α-hetero) is 1. The highest BCUT2D eigenvalue weighted by molar-refractivity contribution is 6.43. The first-order chi connectivity index (χ1) is 18.1. The number of benzene rings is 1. The number of hydrogen-bond donors (Lipinski definition) is 3. The van der Waals surface area contributed by atoms with E-state index in [4.69, 9.17) is 11.3 Å². The van der Waals surface area contributed by atoms with Crippen molar-refractivity contribution in [2.24, 2.45) is 5.92 Å². The molecule has 38 heavy (non-hydrogen) atoms. The predicted octanol–water partition coefficient (Wildman–Crippen LogP) is 2.77. The summed E-state index contributed by atoms with van der Waals surface area (Å²) in [5.74, 6) is -1.66. The third-order valence-corrected chi connectivity index (χ3v) is 6.75. The summed E-state index contributed by atoms with van der Waals surface area (Å²) >= 11 is 0. The Hall–Kier alpha value is -2.72. The summed E-state index contributed by atoms with van der Waals surface area (Å²) < 4.78 is 44.4. The number of ketones is 1. The van der Waals surface area contributed by atoms with E-state index in [9.17, 15) is 32.8 Å². The Morgan fingerprint density at radius 3 is 2.55 bits per heavy atom. The molecule has 3 rings (SSSR count). The minimum atomic E-state index is -4.56. The highest BCUT2D eigenvalue weighted by Crippen LogP contribution is 2.32. The van der Waals surface area contributed by atoms with E-state index in [0.29, 0.717) is 19.4 Å². The highest BCUT2D eigenvalue weighted by Gasteiger charge is 2.35. The van der Waals surface area contributed by atoms with Crippen LogP contribution >= 0.6 is 0 Å². The second-order valence-electron chi connectivity index (χ2n) is 9.92. The third-order valence-electron chi connectivity index (χ3n) is 6.75. The van der Waals surface area contributed by atoms with Crippen LogP contribution in [-0.4, -0.2) is 78.3 Å². The lowest BCUT2D eigenvalue weighted by Crippen LogP contribution is -2.46. The number of halogens is 3. The number of likely N-dealkylation sites (tertiary alicyclic amines) is 1. The predicted molar refractivity (Wildman–Crippen MR) is 135 cm³/mol. The van der Waals surface area contributed by atoms with Crippen LogP contribution < -0.4 is 5.32 Å². The fourth-order valence-corrected chi connectivity index (χ4v) is 4.49. The van der Waals surface area contributed by atoms with Gasteiger partial charge in [-0.05, 0) is 43.6 Å². The smallest absolute Gasteiger partial charge is 0.427 e. The van der Waals surface area contributed by atoms with Gasteiger partial charge in [0, 0.05) is 18.8 Å². The summed E-state index contributed by atoms with van der Waals surface area (Å²) in [6.45, 7) is 6.02. The quantitative estimate of drug-likeness (QED) is 0.192. The zero-order valence-corrected chi connectivity index (χ0v) is 21.1. The van der Waals surface area contributed by atoms with Gasteiger partial charge in [0.1, 0.15) is 0 Å². The number of nitrogens with one attached hydrogen (secondary N) is 1. The molecule has 2 fully saturated rings. The lowest BCUT2D eigenvalue weighted by atomic mass is 9.66. The number of allylic oxidation sites excluding steroid dienone is 1. The van der Waals surface area contributed by atoms with Crippen molar-refractivity contribution >= 4 is 18.8 Å². The molecule has 1 aliphatic carbocycles. The van der Waals surface area contributed by atoms with E-state index >= 15 is 0 Å². The van der Waals surface area contributed by atoms with Crippen molar-refractivity contribution in [1.29, 1.82) is 0 Å². The van der Waals surface area contributed by atoms with Crippen molar-refractivity contribution < 1.29 is 37.5 Å². The molecule has 3 atom stereocenters. The second-order valence-corrected chi connectivity index (χ2v) is 9.92. The van der Waals surface area contributed by atoms with Gasteiger partial charge in [-0.15, -0.1) is 0 Å². The molecule has 2 aliphatic rings. The summed E-state index contributed by atoms with van der Waals surface area (Å²) in [6.07, 6.45) is 0.175. The standard InChI is InChI=1S/C26H33BF3N3O5/c1-31-22(13-19-9-10-19)25(35)33-11-5-8-21(33)15-38-16-23(32-17-26(28,29)30)24(34)14-20(27(36)37)12-18-6-3-2-4-7-18/h2-4,6-7,13,19-21,23,32,36-37H,5,8-12,14-17H2/t20-,21-,23+/m1/s1. The molecule has 8 nitrogen and oxygen atoms in total. The van der Waals surface area contributed by atoms with Crippen LogP contribution in [0.2, 0.25) is 5.82 Å². The molecule has 0 spiro atoms. The van der Waals surface area contributed by atoms with Crippen molar-refractivity contribution in [2.45, 2.75) is 62.6 Å². The molecule has 3 N–H and O–H groups in total. The average molecular weight is 535 g/mol. The van der Waals surface area contributed by atoms with Crippen molar-refractivity contribution in [3.8, 4) is 0 Å². The Morgan fingerprint density at radius 1 is 1.24 bits per heavy atom.